The molecule has 1 amide bonds. The zero-order chi connectivity index (χ0) is 15.9. The lowest BCUT2D eigenvalue weighted by molar-refractivity contribution is -0.142. The van der Waals surface area contributed by atoms with Gasteiger partial charge in [-0.1, -0.05) is 0 Å². The SMILES string of the molecule is COc1cc(CN2CCC3(CNC(=O)CO3)C2)cc2c1OCO2. The Hall–Kier alpha value is -1.99. The molecule has 0 radical (unpaired) electrons. The molecule has 0 saturated carbocycles. The smallest absolute Gasteiger partial charge is 0.246 e. The number of likely N-dealkylation sites (tertiary alicyclic amines) is 1. The molecule has 23 heavy (non-hydrogen) atoms. The quantitative estimate of drug-likeness (QED) is 0.875. The van der Waals surface area contributed by atoms with Gasteiger partial charge < -0.3 is 24.3 Å². The molecule has 1 aromatic carbocycles. The van der Waals surface area contributed by atoms with Crippen LogP contribution in [-0.2, 0) is 16.1 Å². The van der Waals surface area contributed by atoms with Gasteiger partial charge in [-0.15, -0.1) is 0 Å². The summed E-state index contributed by atoms with van der Waals surface area (Å²) in [6, 6.07) is 3.99. The molecule has 124 valence electrons. The average Bonchev–Trinajstić information content (AvgIpc) is 3.17. The van der Waals surface area contributed by atoms with Crippen molar-refractivity contribution in [2.75, 3.05) is 40.1 Å². The lowest BCUT2D eigenvalue weighted by atomic mass is 10.0. The highest BCUT2D eigenvalue weighted by Crippen LogP contribution is 2.42. The van der Waals surface area contributed by atoms with Crippen LogP contribution in [0.2, 0.25) is 0 Å². The maximum Gasteiger partial charge on any atom is 0.246 e. The van der Waals surface area contributed by atoms with E-state index < -0.39 is 0 Å². The average molecular weight is 320 g/mol. The van der Waals surface area contributed by atoms with E-state index in [2.05, 4.69) is 10.2 Å². The van der Waals surface area contributed by atoms with E-state index in [9.17, 15) is 4.79 Å². The summed E-state index contributed by atoms with van der Waals surface area (Å²) in [4.78, 5) is 13.6. The Bertz CT molecular complexity index is 623. The highest BCUT2D eigenvalue weighted by molar-refractivity contribution is 5.78. The number of carbonyl (C=O) groups is 1. The Morgan fingerprint density at radius 2 is 2.30 bits per heavy atom. The summed E-state index contributed by atoms with van der Waals surface area (Å²) in [7, 11) is 1.63. The first-order valence-corrected chi connectivity index (χ1v) is 7.77. The highest BCUT2D eigenvalue weighted by Gasteiger charge is 2.42. The molecule has 0 bridgehead atoms. The van der Waals surface area contributed by atoms with Crippen molar-refractivity contribution in [2.45, 2.75) is 18.6 Å². The second-order valence-corrected chi connectivity index (χ2v) is 6.24. The van der Waals surface area contributed by atoms with E-state index in [1.54, 1.807) is 7.11 Å². The van der Waals surface area contributed by atoms with Gasteiger partial charge in [-0.25, -0.2) is 0 Å². The van der Waals surface area contributed by atoms with Crippen molar-refractivity contribution in [3.63, 3.8) is 0 Å². The summed E-state index contributed by atoms with van der Waals surface area (Å²) >= 11 is 0. The minimum atomic E-state index is -0.242. The standard InChI is InChI=1S/C16H20N2O5/c1-20-12-4-11(5-13-15(12)22-10-21-13)6-18-3-2-16(9-18)8-17-14(19)7-23-16/h4-5H,2-3,6-10H2,1H3,(H,17,19). The molecule has 7 nitrogen and oxygen atoms in total. The maximum atomic E-state index is 11.3. The summed E-state index contributed by atoms with van der Waals surface area (Å²) in [6.45, 7) is 3.51. The van der Waals surface area contributed by atoms with E-state index in [1.807, 2.05) is 12.1 Å². The number of morpholine rings is 1. The molecule has 1 N–H and O–H groups in total. The van der Waals surface area contributed by atoms with Gasteiger partial charge >= 0.3 is 0 Å². The number of hydrogen-bond acceptors (Lipinski definition) is 6. The van der Waals surface area contributed by atoms with E-state index in [1.165, 1.54) is 0 Å². The molecule has 2 fully saturated rings. The third-order valence-electron chi connectivity index (χ3n) is 4.64. The number of fused-ring (bicyclic) bond motifs is 1. The van der Waals surface area contributed by atoms with Crippen molar-refractivity contribution < 1.29 is 23.7 Å². The first-order valence-electron chi connectivity index (χ1n) is 7.77. The van der Waals surface area contributed by atoms with E-state index in [0.29, 0.717) is 18.0 Å². The number of benzene rings is 1. The van der Waals surface area contributed by atoms with Gasteiger partial charge in [-0.2, -0.15) is 0 Å². The molecule has 0 aromatic heterocycles. The number of methoxy groups -OCH3 is 1. The van der Waals surface area contributed by atoms with E-state index in [0.717, 1.165) is 37.4 Å². The second kappa shape index (κ2) is 5.58. The van der Waals surface area contributed by atoms with Crippen LogP contribution in [0.5, 0.6) is 17.2 Å². The summed E-state index contributed by atoms with van der Waals surface area (Å²) in [5.74, 6) is 2.07. The number of carbonyl (C=O) groups excluding carboxylic acids is 1. The first kappa shape index (κ1) is 14.6. The van der Waals surface area contributed by atoms with E-state index in [4.69, 9.17) is 18.9 Å². The van der Waals surface area contributed by atoms with Crippen LogP contribution in [0.1, 0.15) is 12.0 Å². The first-order chi connectivity index (χ1) is 11.2. The van der Waals surface area contributed by atoms with E-state index >= 15 is 0 Å². The van der Waals surface area contributed by atoms with Crippen molar-refractivity contribution in [1.82, 2.24) is 10.2 Å². The van der Waals surface area contributed by atoms with Gasteiger partial charge in [0, 0.05) is 26.2 Å². The molecule has 2 saturated heterocycles. The third kappa shape index (κ3) is 2.70. The van der Waals surface area contributed by atoms with Gasteiger partial charge in [-0.05, 0) is 24.1 Å². The van der Waals surface area contributed by atoms with Gasteiger partial charge in [0.2, 0.25) is 18.4 Å². The van der Waals surface area contributed by atoms with Crippen molar-refractivity contribution in [1.29, 1.82) is 0 Å². The van der Waals surface area contributed by atoms with Crippen LogP contribution in [0.4, 0.5) is 0 Å². The fourth-order valence-corrected chi connectivity index (χ4v) is 3.44. The van der Waals surface area contributed by atoms with Crippen LogP contribution in [0.15, 0.2) is 12.1 Å². The van der Waals surface area contributed by atoms with E-state index in [-0.39, 0.29) is 24.9 Å². The van der Waals surface area contributed by atoms with Crippen LogP contribution in [0, 0.1) is 0 Å². The number of rotatable bonds is 3. The topological polar surface area (TPSA) is 69.3 Å². The number of ether oxygens (including phenoxy) is 4. The molecule has 3 aliphatic heterocycles. The van der Waals surface area contributed by atoms with Crippen LogP contribution >= 0.6 is 0 Å². The van der Waals surface area contributed by atoms with Crippen molar-refractivity contribution in [3.8, 4) is 17.2 Å². The number of amides is 1. The molecular weight excluding hydrogens is 300 g/mol. The fourth-order valence-electron chi connectivity index (χ4n) is 3.44. The Labute approximate surface area is 134 Å². The normalized spacial score (nSPS) is 26.6. The number of nitrogens with zero attached hydrogens (tertiary/aromatic N) is 1. The Morgan fingerprint density at radius 1 is 1.39 bits per heavy atom. The third-order valence-corrected chi connectivity index (χ3v) is 4.64. The predicted octanol–water partition coefficient (Wildman–Crippen LogP) is 0.515. The zero-order valence-electron chi connectivity index (χ0n) is 13.1. The summed E-state index contributed by atoms with van der Waals surface area (Å²) < 4.78 is 22.1. The highest BCUT2D eigenvalue weighted by atomic mass is 16.7. The lowest BCUT2D eigenvalue weighted by Crippen LogP contribution is -2.53. The molecule has 0 aliphatic carbocycles. The number of hydrogen-bond donors (Lipinski definition) is 1. The Kier molecular flexibility index (Phi) is 3.54. The molecule has 1 atom stereocenters. The predicted molar refractivity (Wildman–Crippen MR) is 80.7 cm³/mol. The van der Waals surface area contributed by atoms with Crippen molar-refractivity contribution in [2.24, 2.45) is 0 Å². The Morgan fingerprint density at radius 3 is 3.09 bits per heavy atom. The minimum Gasteiger partial charge on any atom is -0.493 e. The molecule has 1 spiro atoms. The largest absolute Gasteiger partial charge is 0.493 e. The van der Waals surface area contributed by atoms with Crippen LogP contribution in [0.3, 0.4) is 0 Å². The monoisotopic (exact) mass is 320 g/mol. The minimum absolute atomic E-state index is 0.0328. The summed E-state index contributed by atoms with van der Waals surface area (Å²) in [6.07, 6.45) is 0.926. The molecule has 3 heterocycles. The second-order valence-electron chi connectivity index (χ2n) is 6.24. The lowest BCUT2D eigenvalue weighted by Gasteiger charge is -2.33. The Balaban J connectivity index is 1.46. The van der Waals surface area contributed by atoms with Crippen LogP contribution in [0.25, 0.3) is 0 Å². The number of nitrogens with one attached hydrogen (secondary N) is 1. The van der Waals surface area contributed by atoms with Gasteiger partial charge in [0.15, 0.2) is 11.5 Å². The van der Waals surface area contributed by atoms with Gasteiger partial charge in [0.1, 0.15) is 6.61 Å². The maximum absolute atomic E-state index is 11.3. The van der Waals surface area contributed by atoms with Gasteiger partial charge in [0.05, 0.1) is 12.7 Å². The van der Waals surface area contributed by atoms with Crippen molar-refractivity contribution >= 4 is 5.91 Å². The van der Waals surface area contributed by atoms with Crippen LogP contribution in [-0.4, -0.2) is 56.6 Å². The zero-order valence-corrected chi connectivity index (χ0v) is 13.1. The molecule has 7 heteroatoms. The molecule has 3 aliphatic rings. The molecule has 4 rings (SSSR count). The van der Waals surface area contributed by atoms with Gasteiger partial charge in [0.25, 0.3) is 0 Å². The fraction of sp³-hybridized carbons (Fsp3) is 0.562. The molecule has 1 unspecified atom stereocenters. The molecular formula is C16H20N2O5. The van der Waals surface area contributed by atoms with Crippen LogP contribution < -0.4 is 19.5 Å². The summed E-state index contributed by atoms with van der Waals surface area (Å²) in [5.41, 5.74) is 0.872. The molecule has 1 aromatic rings. The van der Waals surface area contributed by atoms with Crippen molar-refractivity contribution in [3.05, 3.63) is 17.7 Å². The van der Waals surface area contributed by atoms with Gasteiger partial charge in [-0.3, -0.25) is 9.69 Å². The summed E-state index contributed by atoms with van der Waals surface area (Å²) in [5, 5.41) is 2.90.